The normalized spacial score (nSPS) is 10.3. The van der Waals surface area contributed by atoms with Crippen molar-refractivity contribution in [1.82, 2.24) is 0 Å². The lowest BCUT2D eigenvalue weighted by Gasteiger charge is -2.19. The lowest BCUT2D eigenvalue weighted by atomic mass is 10.1. The first-order valence-electron chi connectivity index (χ1n) is 7.36. The highest BCUT2D eigenvalue weighted by Crippen LogP contribution is 2.51. The third-order valence-corrected chi connectivity index (χ3v) is 4.25. The topological polar surface area (TPSA) is 132 Å². The third-order valence-electron chi connectivity index (χ3n) is 3.56. The van der Waals surface area contributed by atoms with Crippen LogP contribution in [0.2, 0.25) is 10.0 Å². The van der Waals surface area contributed by atoms with Crippen LogP contribution in [-0.2, 0) is 4.74 Å². The van der Waals surface area contributed by atoms with Gasteiger partial charge >= 0.3 is 11.9 Å². The second kappa shape index (κ2) is 8.32. The second-order valence-corrected chi connectivity index (χ2v) is 5.89. The van der Waals surface area contributed by atoms with Crippen LogP contribution < -0.4 is 14.2 Å². The zero-order chi connectivity index (χ0) is 21.2. The van der Waals surface area contributed by atoms with E-state index in [9.17, 15) is 24.9 Å². The van der Waals surface area contributed by atoms with Crippen LogP contribution in [-0.4, -0.2) is 48.6 Å². The number of carbonyl (C=O) groups excluding carboxylic acids is 1. The van der Waals surface area contributed by atoms with Gasteiger partial charge < -0.3 is 34.3 Å². The van der Waals surface area contributed by atoms with E-state index in [1.807, 2.05) is 0 Å². The predicted octanol–water partition coefficient (Wildman–Crippen LogP) is 3.70. The van der Waals surface area contributed by atoms with E-state index in [1.54, 1.807) is 0 Å². The molecule has 0 fully saturated rings. The molecule has 150 valence electrons. The smallest absolute Gasteiger partial charge is 0.343 e. The number of halogens is 2. The van der Waals surface area contributed by atoms with Crippen molar-refractivity contribution >= 4 is 35.1 Å². The highest BCUT2D eigenvalue weighted by molar-refractivity contribution is 6.40. The molecule has 0 aliphatic carbocycles. The maximum absolute atomic E-state index is 12.1. The molecule has 0 amide bonds. The molecule has 0 saturated heterocycles. The number of ether oxygens (including phenoxy) is 4. The van der Waals surface area contributed by atoms with Gasteiger partial charge in [0.05, 0.1) is 21.3 Å². The van der Waals surface area contributed by atoms with E-state index in [0.29, 0.717) is 0 Å². The van der Waals surface area contributed by atoms with E-state index in [0.717, 1.165) is 19.2 Å². The van der Waals surface area contributed by atoms with Crippen LogP contribution >= 0.6 is 23.2 Å². The van der Waals surface area contributed by atoms with Crippen LogP contribution in [0.5, 0.6) is 34.5 Å². The van der Waals surface area contributed by atoms with E-state index in [-0.39, 0.29) is 33.6 Å². The van der Waals surface area contributed by atoms with Gasteiger partial charge in [-0.1, -0.05) is 23.2 Å². The molecule has 0 bridgehead atoms. The van der Waals surface area contributed by atoms with Gasteiger partial charge in [-0.3, -0.25) is 0 Å². The summed E-state index contributed by atoms with van der Waals surface area (Å²) in [5.74, 6) is -5.01. The number of rotatable bonds is 6. The summed E-state index contributed by atoms with van der Waals surface area (Å²) in [6.07, 6.45) is 0. The van der Waals surface area contributed by atoms with Crippen molar-refractivity contribution in [3.05, 3.63) is 33.3 Å². The van der Waals surface area contributed by atoms with Crippen LogP contribution in [0.25, 0.3) is 0 Å². The molecule has 9 nitrogen and oxygen atoms in total. The first kappa shape index (κ1) is 21.3. The Balaban J connectivity index is 2.84. The summed E-state index contributed by atoms with van der Waals surface area (Å²) < 4.78 is 20.3. The minimum absolute atomic E-state index is 0.138. The zero-order valence-corrected chi connectivity index (χ0v) is 16.2. The number of methoxy groups -OCH3 is 3. The van der Waals surface area contributed by atoms with Crippen LogP contribution in [0.3, 0.4) is 0 Å². The van der Waals surface area contributed by atoms with Crippen molar-refractivity contribution in [1.29, 1.82) is 0 Å². The molecule has 0 atom stereocenters. The van der Waals surface area contributed by atoms with Gasteiger partial charge in [0.15, 0.2) is 28.7 Å². The first-order chi connectivity index (χ1) is 13.2. The minimum atomic E-state index is -1.61. The monoisotopic (exact) mass is 432 g/mol. The van der Waals surface area contributed by atoms with Gasteiger partial charge in [-0.15, -0.1) is 0 Å². The Morgan fingerprint density at radius 3 is 2.07 bits per heavy atom. The van der Waals surface area contributed by atoms with E-state index >= 15 is 0 Å². The Morgan fingerprint density at radius 2 is 1.57 bits per heavy atom. The van der Waals surface area contributed by atoms with Gasteiger partial charge in [-0.05, 0) is 6.07 Å². The van der Waals surface area contributed by atoms with E-state index < -0.39 is 34.0 Å². The van der Waals surface area contributed by atoms with Gasteiger partial charge in [0.2, 0.25) is 0 Å². The Kier molecular flexibility index (Phi) is 6.32. The summed E-state index contributed by atoms with van der Waals surface area (Å²) in [6, 6.07) is 2.13. The highest BCUT2D eigenvalue weighted by atomic mass is 35.5. The Labute approximate surface area is 168 Å². The Bertz CT molecular complexity index is 957. The number of carboxylic acid groups (broad SMARTS) is 1. The van der Waals surface area contributed by atoms with Crippen LogP contribution in [0, 0.1) is 0 Å². The van der Waals surface area contributed by atoms with Crippen molar-refractivity contribution in [2.45, 2.75) is 0 Å². The SMILES string of the molecule is COC(=O)c1cc(O)cc(OC)c1Oc1c(Cl)c(OC)c(Cl)c(O)c1C(=O)O. The van der Waals surface area contributed by atoms with Crippen molar-refractivity contribution in [3.8, 4) is 34.5 Å². The van der Waals surface area contributed by atoms with Crippen molar-refractivity contribution in [3.63, 3.8) is 0 Å². The summed E-state index contributed by atoms with van der Waals surface area (Å²) >= 11 is 12.1. The molecule has 0 unspecified atom stereocenters. The summed E-state index contributed by atoms with van der Waals surface area (Å²) in [5, 5.41) is 28.6. The molecule has 0 heterocycles. The molecule has 28 heavy (non-hydrogen) atoms. The largest absolute Gasteiger partial charge is 0.508 e. The highest BCUT2D eigenvalue weighted by Gasteiger charge is 2.31. The fourth-order valence-corrected chi connectivity index (χ4v) is 2.93. The second-order valence-electron chi connectivity index (χ2n) is 5.14. The number of aromatic carboxylic acids is 1. The predicted molar refractivity (Wildman–Crippen MR) is 97.7 cm³/mol. The molecule has 0 radical (unpaired) electrons. The molecule has 2 aromatic carbocycles. The molecule has 3 N–H and O–H groups in total. The number of phenols is 2. The lowest BCUT2D eigenvalue weighted by molar-refractivity contribution is 0.0596. The van der Waals surface area contributed by atoms with Gasteiger partial charge in [-0.25, -0.2) is 9.59 Å². The Morgan fingerprint density at radius 1 is 0.929 bits per heavy atom. The number of benzene rings is 2. The number of carbonyl (C=O) groups is 2. The van der Waals surface area contributed by atoms with Gasteiger partial charge in [-0.2, -0.15) is 0 Å². The third kappa shape index (κ3) is 3.67. The molecule has 0 aliphatic heterocycles. The summed E-state index contributed by atoms with van der Waals surface area (Å²) in [4.78, 5) is 23.7. The van der Waals surface area contributed by atoms with Gasteiger partial charge in [0.1, 0.15) is 26.9 Å². The van der Waals surface area contributed by atoms with E-state index in [4.69, 9.17) is 37.4 Å². The van der Waals surface area contributed by atoms with E-state index in [2.05, 4.69) is 4.74 Å². The van der Waals surface area contributed by atoms with Crippen molar-refractivity contribution in [2.75, 3.05) is 21.3 Å². The van der Waals surface area contributed by atoms with Gasteiger partial charge in [0, 0.05) is 6.07 Å². The fraction of sp³-hybridized carbons (Fsp3) is 0.176. The number of esters is 1. The quantitative estimate of drug-likeness (QED) is 0.584. The molecule has 2 rings (SSSR count). The number of hydrogen-bond donors (Lipinski definition) is 3. The molecular formula is C17H14Cl2O9. The minimum Gasteiger partial charge on any atom is -0.508 e. The molecule has 0 aromatic heterocycles. The van der Waals surface area contributed by atoms with E-state index in [1.165, 1.54) is 14.2 Å². The van der Waals surface area contributed by atoms with Crippen LogP contribution in [0.4, 0.5) is 0 Å². The summed E-state index contributed by atoms with van der Waals surface area (Å²) in [5.41, 5.74) is -1.07. The maximum atomic E-state index is 12.1. The molecule has 0 saturated carbocycles. The zero-order valence-electron chi connectivity index (χ0n) is 14.7. The van der Waals surface area contributed by atoms with Crippen LogP contribution in [0.1, 0.15) is 20.7 Å². The maximum Gasteiger partial charge on any atom is 0.343 e. The first-order valence-corrected chi connectivity index (χ1v) is 8.11. The molecule has 2 aromatic rings. The molecule has 0 aliphatic rings. The Hall–Kier alpha value is -3.04. The average molecular weight is 433 g/mol. The lowest BCUT2D eigenvalue weighted by Crippen LogP contribution is -2.08. The van der Waals surface area contributed by atoms with Crippen molar-refractivity contribution in [2.24, 2.45) is 0 Å². The number of carboxylic acids is 1. The molecule has 11 heteroatoms. The number of phenolic OH excluding ortho intramolecular Hbond substituents is 1. The number of aromatic hydroxyl groups is 2. The summed E-state index contributed by atoms with van der Waals surface area (Å²) in [7, 11) is 3.51. The average Bonchev–Trinajstić information content (AvgIpc) is 2.66. The van der Waals surface area contributed by atoms with Crippen molar-refractivity contribution < 1.29 is 43.9 Å². The number of hydrogen-bond acceptors (Lipinski definition) is 8. The van der Waals surface area contributed by atoms with Gasteiger partial charge in [0.25, 0.3) is 0 Å². The summed E-state index contributed by atoms with van der Waals surface area (Å²) in [6.45, 7) is 0. The van der Waals surface area contributed by atoms with Crippen LogP contribution in [0.15, 0.2) is 12.1 Å². The standard InChI is InChI=1S/C17H14Cl2O9/c1-25-8-5-6(20)4-7(17(24)27-3)13(8)28-14-9(16(22)23)12(21)10(18)15(26-2)11(14)19/h4-5,20-21H,1-3H3,(H,22,23). The fourth-order valence-electron chi connectivity index (χ4n) is 2.32. The molecule has 0 spiro atoms. The molecular weight excluding hydrogens is 419 g/mol.